The zero-order valence-corrected chi connectivity index (χ0v) is 16.0. The van der Waals surface area contributed by atoms with Crippen molar-refractivity contribution < 1.29 is 24.3 Å². The SMILES string of the molecule is CC(=O)N[C@@H](C)C(=O)N1C[C@H](O)C[C@H]1C(=O)NCC(=O)NCc1ccccc1. The smallest absolute Gasteiger partial charge is 0.245 e. The fourth-order valence-electron chi connectivity index (χ4n) is 3.07. The number of benzene rings is 1. The Labute approximate surface area is 163 Å². The highest BCUT2D eigenvalue weighted by molar-refractivity contribution is 5.93. The van der Waals surface area contributed by atoms with E-state index in [2.05, 4.69) is 16.0 Å². The van der Waals surface area contributed by atoms with Crippen molar-refractivity contribution in [2.24, 2.45) is 0 Å². The van der Waals surface area contributed by atoms with E-state index in [1.807, 2.05) is 30.3 Å². The Balaban J connectivity index is 1.86. The van der Waals surface area contributed by atoms with Gasteiger partial charge in [0.2, 0.25) is 23.6 Å². The number of carbonyl (C=O) groups is 4. The second-order valence-electron chi connectivity index (χ2n) is 6.80. The van der Waals surface area contributed by atoms with Crippen LogP contribution in [0.25, 0.3) is 0 Å². The summed E-state index contributed by atoms with van der Waals surface area (Å²) in [4.78, 5) is 49.2. The van der Waals surface area contributed by atoms with Gasteiger partial charge in [-0.05, 0) is 12.5 Å². The molecule has 3 atom stereocenters. The second-order valence-corrected chi connectivity index (χ2v) is 6.80. The molecule has 1 heterocycles. The number of carbonyl (C=O) groups excluding carboxylic acids is 4. The number of β-amino-alcohol motifs (C(OH)–C–C–N with tert-alkyl or cyclic N) is 1. The first-order valence-electron chi connectivity index (χ1n) is 9.12. The number of amides is 4. The summed E-state index contributed by atoms with van der Waals surface area (Å²) < 4.78 is 0. The predicted octanol–water partition coefficient (Wildman–Crippen LogP) is -1.09. The summed E-state index contributed by atoms with van der Waals surface area (Å²) in [5.41, 5.74) is 0.935. The number of rotatable bonds is 7. The highest BCUT2D eigenvalue weighted by Crippen LogP contribution is 2.19. The highest BCUT2D eigenvalue weighted by atomic mass is 16.3. The number of nitrogens with zero attached hydrogens (tertiary/aromatic N) is 1. The van der Waals surface area contributed by atoms with Crippen LogP contribution in [0.4, 0.5) is 0 Å². The Morgan fingerprint density at radius 2 is 1.86 bits per heavy atom. The highest BCUT2D eigenvalue weighted by Gasteiger charge is 2.40. The van der Waals surface area contributed by atoms with Gasteiger partial charge in [-0.25, -0.2) is 0 Å². The summed E-state index contributed by atoms with van der Waals surface area (Å²) in [5.74, 6) is -1.70. The fraction of sp³-hybridized carbons (Fsp3) is 0.474. The molecule has 1 aliphatic heterocycles. The van der Waals surface area contributed by atoms with Gasteiger partial charge in [-0.1, -0.05) is 30.3 Å². The third-order valence-corrected chi connectivity index (χ3v) is 4.41. The normalized spacial score (nSPS) is 19.6. The lowest BCUT2D eigenvalue weighted by atomic mass is 10.1. The van der Waals surface area contributed by atoms with Gasteiger partial charge in [0.25, 0.3) is 0 Å². The molecule has 0 aromatic heterocycles. The van der Waals surface area contributed by atoms with E-state index in [1.54, 1.807) is 0 Å². The zero-order chi connectivity index (χ0) is 20.7. The Hall–Kier alpha value is -2.94. The first-order chi connectivity index (χ1) is 13.3. The van der Waals surface area contributed by atoms with Crippen molar-refractivity contribution in [2.45, 2.75) is 45.0 Å². The topological polar surface area (TPSA) is 128 Å². The molecule has 2 rings (SSSR count). The van der Waals surface area contributed by atoms with Gasteiger partial charge in [0.1, 0.15) is 12.1 Å². The maximum Gasteiger partial charge on any atom is 0.245 e. The molecule has 9 nitrogen and oxygen atoms in total. The van der Waals surface area contributed by atoms with E-state index in [9.17, 15) is 24.3 Å². The van der Waals surface area contributed by atoms with Crippen molar-refractivity contribution in [3.05, 3.63) is 35.9 Å². The van der Waals surface area contributed by atoms with Crippen LogP contribution >= 0.6 is 0 Å². The van der Waals surface area contributed by atoms with Crippen molar-refractivity contribution >= 4 is 23.6 Å². The monoisotopic (exact) mass is 390 g/mol. The Bertz CT molecular complexity index is 724. The summed E-state index contributed by atoms with van der Waals surface area (Å²) in [6.45, 7) is 2.92. The van der Waals surface area contributed by atoms with Gasteiger partial charge < -0.3 is 26.0 Å². The lowest BCUT2D eigenvalue weighted by Crippen LogP contribution is -2.53. The van der Waals surface area contributed by atoms with E-state index in [4.69, 9.17) is 0 Å². The van der Waals surface area contributed by atoms with Crippen LogP contribution in [0.5, 0.6) is 0 Å². The molecule has 4 amide bonds. The first-order valence-corrected chi connectivity index (χ1v) is 9.12. The van der Waals surface area contributed by atoms with E-state index >= 15 is 0 Å². The molecule has 0 radical (unpaired) electrons. The third-order valence-electron chi connectivity index (χ3n) is 4.41. The zero-order valence-electron chi connectivity index (χ0n) is 16.0. The number of aliphatic hydroxyl groups is 1. The molecule has 0 unspecified atom stereocenters. The van der Waals surface area contributed by atoms with Gasteiger partial charge in [0, 0.05) is 26.4 Å². The molecule has 0 bridgehead atoms. The van der Waals surface area contributed by atoms with Crippen LogP contribution in [0, 0.1) is 0 Å². The summed E-state index contributed by atoms with van der Waals surface area (Å²) in [7, 11) is 0. The molecule has 0 aliphatic carbocycles. The predicted molar refractivity (Wildman–Crippen MR) is 101 cm³/mol. The Morgan fingerprint density at radius 1 is 1.18 bits per heavy atom. The van der Waals surface area contributed by atoms with Gasteiger partial charge >= 0.3 is 0 Å². The Morgan fingerprint density at radius 3 is 2.50 bits per heavy atom. The molecule has 9 heteroatoms. The lowest BCUT2D eigenvalue weighted by Gasteiger charge is -2.26. The van der Waals surface area contributed by atoms with Crippen molar-refractivity contribution in [1.29, 1.82) is 0 Å². The molecule has 1 aromatic carbocycles. The van der Waals surface area contributed by atoms with Crippen molar-refractivity contribution in [3.8, 4) is 0 Å². The van der Waals surface area contributed by atoms with E-state index in [0.29, 0.717) is 6.54 Å². The number of aliphatic hydroxyl groups excluding tert-OH is 1. The summed E-state index contributed by atoms with van der Waals surface area (Å²) in [5, 5.41) is 17.5. The number of hydrogen-bond acceptors (Lipinski definition) is 5. The lowest BCUT2D eigenvalue weighted by molar-refractivity contribution is -0.141. The minimum Gasteiger partial charge on any atom is -0.391 e. The number of hydrogen-bond donors (Lipinski definition) is 4. The van der Waals surface area contributed by atoms with Crippen LogP contribution in [0.1, 0.15) is 25.8 Å². The number of likely N-dealkylation sites (tertiary alicyclic amines) is 1. The van der Waals surface area contributed by atoms with Gasteiger partial charge in [0.15, 0.2) is 0 Å². The first kappa shape index (κ1) is 21.4. The molecular formula is C19H26N4O5. The second kappa shape index (κ2) is 9.84. The van der Waals surface area contributed by atoms with Crippen LogP contribution in [0.15, 0.2) is 30.3 Å². The van der Waals surface area contributed by atoms with Crippen molar-refractivity contribution in [2.75, 3.05) is 13.1 Å². The molecule has 4 N–H and O–H groups in total. The van der Waals surface area contributed by atoms with Crippen molar-refractivity contribution in [1.82, 2.24) is 20.9 Å². The average molecular weight is 390 g/mol. The molecule has 1 aliphatic rings. The molecule has 1 saturated heterocycles. The molecule has 0 spiro atoms. The molecule has 152 valence electrons. The summed E-state index contributed by atoms with van der Waals surface area (Å²) in [6, 6.07) is 7.65. The van der Waals surface area contributed by atoms with Gasteiger partial charge in [0.05, 0.1) is 12.6 Å². The van der Waals surface area contributed by atoms with Gasteiger partial charge in [-0.15, -0.1) is 0 Å². The fourth-order valence-corrected chi connectivity index (χ4v) is 3.07. The third kappa shape index (κ3) is 6.05. The van der Waals surface area contributed by atoms with Crippen molar-refractivity contribution in [3.63, 3.8) is 0 Å². The standard InChI is InChI=1S/C19H26N4O5/c1-12(22-13(2)24)19(28)23-11-15(25)8-16(23)18(27)21-10-17(26)20-9-14-6-4-3-5-7-14/h3-7,12,15-16,25H,8-11H2,1-2H3,(H,20,26)(H,21,27)(H,22,24)/t12-,15+,16-/m0/s1. The van der Waals surface area contributed by atoms with Crippen LogP contribution in [0.2, 0.25) is 0 Å². The maximum atomic E-state index is 12.5. The van der Waals surface area contributed by atoms with Crippen LogP contribution in [-0.2, 0) is 25.7 Å². The molecular weight excluding hydrogens is 364 g/mol. The minimum absolute atomic E-state index is 0.00104. The van der Waals surface area contributed by atoms with Gasteiger partial charge in [-0.3, -0.25) is 19.2 Å². The van der Waals surface area contributed by atoms with E-state index in [-0.39, 0.29) is 31.3 Å². The van der Waals surface area contributed by atoms with E-state index < -0.39 is 30.0 Å². The molecule has 1 aromatic rings. The maximum absolute atomic E-state index is 12.5. The minimum atomic E-state index is -0.888. The summed E-state index contributed by atoms with van der Waals surface area (Å²) in [6.07, 6.45) is -0.758. The number of nitrogens with one attached hydrogen (secondary N) is 3. The van der Waals surface area contributed by atoms with E-state index in [1.165, 1.54) is 18.7 Å². The Kier molecular flexibility index (Phi) is 7.51. The van der Waals surface area contributed by atoms with Crippen LogP contribution < -0.4 is 16.0 Å². The average Bonchev–Trinajstić information content (AvgIpc) is 3.05. The van der Waals surface area contributed by atoms with E-state index in [0.717, 1.165) is 5.56 Å². The van der Waals surface area contributed by atoms with Gasteiger partial charge in [-0.2, -0.15) is 0 Å². The van der Waals surface area contributed by atoms with Crippen LogP contribution in [-0.4, -0.2) is 64.9 Å². The molecule has 0 saturated carbocycles. The molecule has 1 fully saturated rings. The largest absolute Gasteiger partial charge is 0.391 e. The van der Waals surface area contributed by atoms with Crippen LogP contribution in [0.3, 0.4) is 0 Å². The summed E-state index contributed by atoms with van der Waals surface area (Å²) >= 11 is 0. The quantitative estimate of drug-likeness (QED) is 0.470. The molecule has 28 heavy (non-hydrogen) atoms.